The minimum Gasteiger partial charge on any atom is -0.462 e. The van der Waals surface area contributed by atoms with Crippen LogP contribution in [0.2, 0.25) is 0 Å². The van der Waals surface area contributed by atoms with Crippen molar-refractivity contribution in [3.05, 3.63) is 109 Å². The van der Waals surface area contributed by atoms with Crippen LogP contribution in [0.4, 0.5) is 0 Å². The molecule has 0 aliphatic heterocycles. The minimum atomic E-state index is -0.784. The first-order valence-electron chi connectivity index (χ1n) is 32.4. The quantitative estimate of drug-likeness (QED) is 0.0373. The molecule has 436 valence electrons. The molecule has 0 aromatic rings. The predicted molar refractivity (Wildman–Crippen MR) is 334 cm³/mol. The fourth-order valence-corrected chi connectivity index (χ4v) is 9.22. The van der Waals surface area contributed by atoms with E-state index >= 15 is 0 Å². The molecule has 0 aliphatic carbocycles. The molecular weight excluding hydrogens is 933 g/mol. The molecule has 0 aromatic heterocycles. The van der Waals surface area contributed by atoms with Gasteiger partial charge in [0.1, 0.15) is 6.61 Å². The first kappa shape index (κ1) is 72.6. The van der Waals surface area contributed by atoms with E-state index in [1.807, 2.05) is 0 Å². The van der Waals surface area contributed by atoms with Gasteiger partial charge in [0.2, 0.25) is 0 Å². The van der Waals surface area contributed by atoms with Crippen molar-refractivity contribution >= 4 is 11.9 Å². The van der Waals surface area contributed by atoms with E-state index in [1.165, 1.54) is 186 Å². The number of hydrogen-bond donors (Lipinski definition) is 1. The number of hydrogen-bond acceptors (Lipinski definition) is 5. The highest BCUT2D eigenvalue weighted by Gasteiger charge is 2.16. The Bertz CT molecular complexity index is 1470. The monoisotopic (exact) mass is 1050 g/mol. The van der Waals surface area contributed by atoms with Crippen molar-refractivity contribution in [2.75, 3.05) is 13.2 Å². The van der Waals surface area contributed by atoms with Gasteiger partial charge < -0.3 is 14.6 Å². The second kappa shape index (κ2) is 65.8. The van der Waals surface area contributed by atoms with Gasteiger partial charge in [-0.05, 0) is 103 Å². The van der Waals surface area contributed by atoms with Gasteiger partial charge in [-0.1, -0.05) is 303 Å². The summed E-state index contributed by atoms with van der Waals surface area (Å²) in [5.41, 5.74) is 0. The molecule has 0 aliphatic rings. The summed E-state index contributed by atoms with van der Waals surface area (Å²) < 4.78 is 10.7. The van der Waals surface area contributed by atoms with Gasteiger partial charge in [0.25, 0.3) is 0 Å². The van der Waals surface area contributed by atoms with Crippen LogP contribution in [0.25, 0.3) is 0 Å². The lowest BCUT2D eigenvalue weighted by Crippen LogP contribution is -2.28. The molecule has 0 rings (SSSR count). The zero-order valence-electron chi connectivity index (χ0n) is 50.0. The summed E-state index contributed by atoms with van der Waals surface area (Å²) in [4.78, 5) is 24.6. The minimum absolute atomic E-state index is 0.0720. The highest BCUT2D eigenvalue weighted by molar-refractivity contribution is 5.70. The molecule has 5 nitrogen and oxygen atoms in total. The van der Waals surface area contributed by atoms with E-state index in [9.17, 15) is 14.7 Å². The van der Waals surface area contributed by atoms with Crippen molar-refractivity contribution in [1.82, 2.24) is 0 Å². The van der Waals surface area contributed by atoms with Gasteiger partial charge in [-0.25, -0.2) is 0 Å². The van der Waals surface area contributed by atoms with E-state index in [1.54, 1.807) is 0 Å². The lowest BCUT2D eigenvalue weighted by atomic mass is 10.0. The van der Waals surface area contributed by atoms with Crippen LogP contribution in [0.1, 0.15) is 309 Å². The van der Waals surface area contributed by atoms with Crippen LogP contribution in [-0.4, -0.2) is 36.4 Å². The average Bonchev–Trinajstić information content (AvgIpc) is 3.42. The van der Waals surface area contributed by atoms with E-state index in [-0.39, 0.29) is 25.2 Å². The van der Waals surface area contributed by atoms with Gasteiger partial charge >= 0.3 is 11.9 Å². The van der Waals surface area contributed by atoms with Crippen LogP contribution < -0.4 is 0 Å². The Morgan fingerprint density at radius 2 is 0.566 bits per heavy atom. The van der Waals surface area contributed by atoms with Crippen LogP contribution in [-0.2, 0) is 19.1 Å². The molecule has 0 spiro atoms. The van der Waals surface area contributed by atoms with Crippen molar-refractivity contribution in [3.63, 3.8) is 0 Å². The highest BCUT2D eigenvalue weighted by atomic mass is 16.6. The van der Waals surface area contributed by atoms with Crippen molar-refractivity contribution in [1.29, 1.82) is 0 Å². The fraction of sp³-hybridized carbons (Fsp3) is 0.718. The second-order valence-electron chi connectivity index (χ2n) is 21.5. The molecule has 0 radical (unpaired) electrons. The van der Waals surface area contributed by atoms with Gasteiger partial charge in [0, 0.05) is 12.8 Å². The number of carbonyl (C=O) groups is 2. The predicted octanol–water partition coefficient (Wildman–Crippen LogP) is 22.4. The lowest BCUT2D eigenvalue weighted by molar-refractivity contribution is -0.161. The summed E-state index contributed by atoms with van der Waals surface area (Å²) in [5.74, 6) is -0.594. The SMILES string of the molecule is CC/C=C\C/C=C\C/C=C\C/C=C\C/C=C\C/C=C\C/C=C\C/C=C\CCCCCCCCCCC(=O)OC(CO)COC(=O)CCCCCCCCCCCCCCCCCCC/C=C\CCCCCCCCCC. The summed E-state index contributed by atoms with van der Waals surface area (Å²) in [6.07, 6.45) is 95.2. The molecule has 0 fully saturated rings. The molecular formula is C71H122O5. The summed E-state index contributed by atoms with van der Waals surface area (Å²) in [5, 5.41) is 9.69. The second-order valence-corrected chi connectivity index (χ2v) is 21.5. The molecule has 0 saturated carbocycles. The smallest absolute Gasteiger partial charge is 0.306 e. The average molecular weight is 1060 g/mol. The van der Waals surface area contributed by atoms with Crippen LogP contribution in [0.15, 0.2) is 109 Å². The van der Waals surface area contributed by atoms with Gasteiger partial charge in [0.05, 0.1) is 6.61 Å². The number of unbranched alkanes of at least 4 members (excludes halogenated alkanes) is 33. The molecule has 76 heavy (non-hydrogen) atoms. The topological polar surface area (TPSA) is 72.8 Å². The number of aliphatic hydroxyl groups excluding tert-OH is 1. The molecule has 1 atom stereocenters. The van der Waals surface area contributed by atoms with Crippen LogP contribution >= 0.6 is 0 Å². The number of ether oxygens (including phenoxy) is 2. The molecule has 0 bridgehead atoms. The highest BCUT2D eigenvalue weighted by Crippen LogP contribution is 2.17. The first-order chi connectivity index (χ1) is 37.6. The summed E-state index contributed by atoms with van der Waals surface area (Å²) in [6, 6.07) is 0. The Kier molecular flexibility index (Phi) is 62.9. The maximum absolute atomic E-state index is 12.3. The number of rotatable bonds is 59. The Balaban J connectivity index is 3.52. The molecule has 0 heterocycles. The van der Waals surface area contributed by atoms with E-state index in [0.29, 0.717) is 12.8 Å². The number of aliphatic hydroxyl groups is 1. The molecule has 5 heteroatoms. The zero-order valence-corrected chi connectivity index (χ0v) is 50.0. The van der Waals surface area contributed by atoms with Crippen molar-refractivity contribution in [2.24, 2.45) is 0 Å². The van der Waals surface area contributed by atoms with Crippen molar-refractivity contribution in [2.45, 2.75) is 315 Å². The summed E-state index contributed by atoms with van der Waals surface area (Å²) >= 11 is 0. The number of esters is 2. The van der Waals surface area contributed by atoms with Crippen molar-refractivity contribution < 1.29 is 24.2 Å². The maximum Gasteiger partial charge on any atom is 0.306 e. The van der Waals surface area contributed by atoms with Gasteiger partial charge in [0.15, 0.2) is 6.10 Å². The molecule has 0 amide bonds. The van der Waals surface area contributed by atoms with Gasteiger partial charge in [-0.2, -0.15) is 0 Å². The van der Waals surface area contributed by atoms with Crippen molar-refractivity contribution in [3.8, 4) is 0 Å². The Morgan fingerprint density at radius 1 is 0.316 bits per heavy atom. The fourth-order valence-electron chi connectivity index (χ4n) is 9.22. The van der Waals surface area contributed by atoms with E-state index in [0.717, 1.165) is 96.3 Å². The Morgan fingerprint density at radius 3 is 0.868 bits per heavy atom. The molecule has 1 unspecified atom stereocenters. The zero-order chi connectivity index (χ0) is 54.8. The Labute approximate surface area is 471 Å². The molecule has 1 N–H and O–H groups in total. The maximum atomic E-state index is 12.3. The van der Waals surface area contributed by atoms with Crippen LogP contribution in [0.5, 0.6) is 0 Å². The molecule has 0 saturated heterocycles. The van der Waals surface area contributed by atoms with Gasteiger partial charge in [-0.3, -0.25) is 9.59 Å². The van der Waals surface area contributed by atoms with E-state index in [4.69, 9.17) is 9.47 Å². The number of allylic oxidation sites excluding steroid dienone is 18. The van der Waals surface area contributed by atoms with Gasteiger partial charge in [-0.15, -0.1) is 0 Å². The third-order valence-electron chi connectivity index (χ3n) is 14.1. The first-order valence-corrected chi connectivity index (χ1v) is 32.4. The van der Waals surface area contributed by atoms with E-state index < -0.39 is 6.10 Å². The van der Waals surface area contributed by atoms with E-state index in [2.05, 4.69) is 123 Å². The van der Waals surface area contributed by atoms with Crippen LogP contribution in [0, 0.1) is 0 Å². The Hall–Kier alpha value is -3.44. The van der Waals surface area contributed by atoms with Crippen LogP contribution in [0.3, 0.4) is 0 Å². The third-order valence-corrected chi connectivity index (χ3v) is 14.1. The summed E-state index contributed by atoms with van der Waals surface area (Å²) in [7, 11) is 0. The third kappa shape index (κ3) is 63.1. The standard InChI is InChI=1S/C71H122O5/c1-3-5-7-9-11-13-15-17-19-21-23-25-27-29-31-33-34-35-36-38-40-42-44-46-48-50-52-54-56-58-60-62-64-66-71(74)76-69(67-72)68-75-70(73)65-63-61-59-57-55-53-51-49-47-45-43-41-39-37-32-30-28-26-24-22-20-18-16-14-12-10-8-6-4-2/h5,7,11,13,17,19,22-25,29,31,34-35,38,40,44,46,69,72H,3-4,6,8-10,12,14-16,18,20-21,26-28,30,32-33,36-37,39,41-43,45,47-68H2,1-2H3/b7-5-,13-11-,19-17-,24-22-,25-23-,31-29-,35-34-,40-38-,46-44-. The lowest BCUT2D eigenvalue weighted by Gasteiger charge is -2.15. The normalized spacial score (nSPS) is 12.9. The summed E-state index contributed by atoms with van der Waals surface area (Å²) in [6.45, 7) is 4.05. The molecule has 0 aromatic carbocycles. The largest absolute Gasteiger partial charge is 0.462 e. The number of carbonyl (C=O) groups excluding carboxylic acids is 2.